The molecule has 0 aliphatic heterocycles. The van der Waals surface area contributed by atoms with E-state index >= 15 is 0 Å². The van der Waals surface area contributed by atoms with E-state index in [2.05, 4.69) is 69.4 Å². The van der Waals surface area contributed by atoms with Crippen molar-refractivity contribution >= 4 is 17.9 Å². The van der Waals surface area contributed by atoms with E-state index in [0.29, 0.717) is 19.3 Å². The number of allylic oxidation sites excluding steroid dienone is 14. The van der Waals surface area contributed by atoms with Crippen molar-refractivity contribution in [2.75, 3.05) is 13.2 Å². The Bertz CT molecular complexity index is 1240. The van der Waals surface area contributed by atoms with Gasteiger partial charge in [0.1, 0.15) is 13.2 Å². The molecule has 0 radical (unpaired) electrons. The van der Waals surface area contributed by atoms with Crippen molar-refractivity contribution in [1.29, 1.82) is 0 Å². The van der Waals surface area contributed by atoms with E-state index in [0.717, 1.165) is 96.3 Å². The Kier molecular flexibility index (Phi) is 48.5. The van der Waals surface area contributed by atoms with E-state index in [1.54, 1.807) is 0 Å². The Labute approximate surface area is 388 Å². The average molecular weight is 877 g/mol. The van der Waals surface area contributed by atoms with Crippen LogP contribution in [-0.4, -0.2) is 37.2 Å². The second kappa shape index (κ2) is 51.2. The number of esters is 3. The quantitative estimate of drug-likeness (QED) is 0.0199. The molecule has 0 spiro atoms. The minimum Gasteiger partial charge on any atom is -0.462 e. The highest BCUT2D eigenvalue weighted by molar-refractivity contribution is 5.71. The van der Waals surface area contributed by atoms with Crippen LogP contribution < -0.4 is 0 Å². The van der Waals surface area contributed by atoms with Gasteiger partial charge in [-0.05, 0) is 70.6 Å². The minimum absolute atomic E-state index is 0.0952. The fourth-order valence-electron chi connectivity index (χ4n) is 7.11. The van der Waals surface area contributed by atoms with Gasteiger partial charge in [0.2, 0.25) is 0 Å². The first-order chi connectivity index (χ1) is 31.0. The van der Waals surface area contributed by atoms with Crippen LogP contribution in [0.4, 0.5) is 0 Å². The second-order valence-electron chi connectivity index (χ2n) is 17.1. The second-order valence-corrected chi connectivity index (χ2v) is 17.1. The summed E-state index contributed by atoms with van der Waals surface area (Å²) in [6.07, 6.45) is 65.7. The first-order valence-electron chi connectivity index (χ1n) is 26.1. The van der Waals surface area contributed by atoms with E-state index in [-0.39, 0.29) is 31.1 Å². The molecule has 0 aromatic heterocycles. The summed E-state index contributed by atoms with van der Waals surface area (Å²) in [5.74, 6) is -0.944. The molecule has 0 aromatic carbocycles. The molecule has 0 N–H and O–H groups in total. The van der Waals surface area contributed by atoms with Crippen molar-refractivity contribution in [3.8, 4) is 0 Å². The van der Waals surface area contributed by atoms with Crippen LogP contribution in [0.2, 0.25) is 0 Å². The normalized spacial score (nSPS) is 12.7. The summed E-state index contributed by atoms with van der Waals surface area (Å²) in [4.78, 5) is 38.0. The van der Waals surface area contributed by atoms with Gasteiger partial charge in [0.05, 0.1) is 0 Å². The molecule has 0 fully saturated rings. The topological polar surface area (TPSA) is 78.9 Å². The van der Waals surface area contributed by atoms with E-state index in [1.165, 1.54) is 103 Å². The standard InChI is InChI=1S/C57H96O6/c1-4-7-10-13-16-19-22-25-27-29-32-35-38-41-44-47-50-56(59)62-53-54(52-61-55(58)49-46-43-40-37-34-31-24-21-18-15-12-9-6-3)63-57(60)51-48-45-42-39-36-33-30-28-26-23-20-17-14-11-8-5-2/h7,9-10,12,15-16,18-19,21,24-25,27,31,34,54H,4-6,8,11,13-14,17,20,22-23,26,28-30,32-33,35-53H2,1-3H3/b10-7-,12-9-,18-15-,19-16-,24-21-,27-25-,34-31-. The molecular formula is C57H96O6. The van der Waals surface area contributed by atoms with Gasteiger partial charge >= 0.3 is 17.9 Å². The number of carbonyl (C=O) groups excluding carboxylic acids is 3. The number of hydrogen-bond donors (Lipinski definition) is 0. The van der Waals surface area contributed by atoms with Crippen molar-refractivity contribution in [1.82, 2.24) is 0 Å². The lowest BCUT2D eigenvalue weighted by Crippen LogP contribution is -2.30. The van der Waals surface area contributed by atoms with Crippen LogP contribution >= 0.6 is 0 Å². The lowest BCUT2D eigenvalue weighted by Gasteiger charge is -2.18. The molecule has 0 bridgehead atoms. The first-order valence-corrected chi connectivity index (χ1v) is 26.1. The molecule has 0 aromatic rings. The highest BCUT2D eigenvalue weighted by atomic mass is 16.6. The van der Waals surface area contributed by atoms with Crippen LogP contribution in [0.1, 0.15) is 239 Å². The number of carbonyl (C=O) groups is 3. The lowest BCUT2D eigenvalue weighted by molar-refractivity contribution is -0.167. The van der Waals surface area contributed by atoms with Gasteiger partial charge < -0.3 is 14.2 Å². The van der Waals surface area contributed by atoms with Gasteiger partial charge in [-0.15, -0.1) is 0 Å². The summed E-state index contributed by atoms with van der Waals surface area (Å²) in [6, 6.07) is 0. The molecule has 0 aliphatic carbocycles. The molecule has 0 aliphatic rings. The summed E-state index contributed by atoms with van der Waals surface area (Å²) < 4.78 is 16.8. The molecule has 0 saturated heterocycles. The van der Waals surface area contributed by atoms with Crippen LogP contribution in [0.25, 0.3) is 0 Å². The SMILES string of the molecule is CC\C=C/C=C\C=C/C=C\CCCCCC(=O)OCC(COC(=O)CCCCCCCC/C=C\C/C=C\C/C=C\CC)OC(=O)CCCCCCCCCCCCCCCCCC. The third-order valence-corrected chi connectivity index (χ3v) is 11.0. The van der Waals surface area contributed by atoms with E-state index in [4.69, 9.17) is 14.2 Å². The number of unbranched alkanes of at least 4 members (excludes halogenated alkanes) is 24. The van der Waals surface area contributed by atoms with Gasteiger partial charge in [-0.25, -0.2) is 0 Å². The molecule has 0 rings (SSSR count). The third kappa shape index (κ3) is 49.5. The highest BCUT2D eigenvalue weighted by Crippen LogP contribution is 2.15. The summed E-state index contributed by atoms with van der Waals surface area (Å²) in [5, 5.41) is 0. The van der Waals surface area contributed by atoms with Crippen molar-refractivity contribution in [3.63, 3.8) is 0 Å². The Morgan fingerprint density at radius 1 is 0.349 bits per heavy atom. The fourth-order valence-corrected chi connectivity index (χ4v) is 7.11. The largest absolute Gasteiger partial charge is 0.462 e. The van der Waals surface area contributed by atoms with Crippen LogP contribution in [0, 0.1) is 0 Å². The monoisotopic (exact) mass is 877 g/mol. The van der Waals surface area contributed by atoms with Crippen LogP contribution in [-0.2, 0) is 28.6 Å². The van der Waals surface area contributed by atoms with E-state index in [1.807, 2.05) is 36.5 Å². The smallest absolute Gasteiger partial charge is 0.306 e. The maximum atomic E-state index is 12.8. The van der Waals surface area contributed by atoms with Gasteiger partial charge in [0.25, 0.3) is 0 Å². The van der Waals surface area contributed by atoms with Gasteiger partial charge in [0, 0.05) is 19.3 Å². The number of rotatable bonds is 46. The predicted molar refractivity (Wildman–Crippen MR) is 270 cm³/mol. The summed E-state index contributed by atoms with van der Waals surface area (Å²) in [6.45, 7) is 6.35. The molecule has 0 heterocycles. The van der Waals surface area contributed by atoms with Crippen molar-refractivity contribution < 1.29 is 28.6 Å². The molecule has 1 unspecified atom stereocenters. The van der Waals surface area contributed by atoms with Crippen LogP contribution in [0.3, 0.4) is 0 Å². The van der Waals surface area contributed by atoms with Crippen LogP contribution in [0.15, 0.2) is 85.1 Å². The molecule has 0 amide bonds. The van der Waals surface area contributed by atoms with Gasteiger partial charge in [-0.1, -0.05) is 234 Å². The predicted octanol–water partition coefficient (Wildman–Crippen LogP) is 17.2. The van der Waals surface area contributed by atoms with E-state index < -0.39 is 6.10 Å². The highest BCUT2D eigenvalue weighted by Gasteiger charge is 2.19. The van der Waals surface area contributed by atoms with Crippen molar-refractivity contribution in [2.24, 2.45) is 0 Å². The molecule has 360 valence electrons. The van der Waals surface area contributed by atoms with Gasteiger partial charge in [0.15, 0.2) is 6.10 Å². The molecule has 6 nitrogen and oxygen atoms in total. The molecular weight excluding hydrogens is 781 g/mol. The Morgan fingerprint density at radius 2 is 0.698 bits per heavy atom. The molecule has 63 heavy (non-hydrogen) atoms. The minimum atomic E-state index is -0.796. The maximum Gasteiger partial charge on any atom is 0.306 e. The van der Waals surface area contributed by atoms with Gasteiger partial charge in [-0.2, -0.15) is 0 Å². The zero-order chi connectivity index (χ0) is 45.8. The fraction of sp³-hybridized carbons (Fsp3) is 0.702. The Balaban J connectivity index is 4.44. The Hall–Kier alpha value is -3.41. The number of hydrogen-bond acceptors (Lipinski definition) is 6. The summed E-state index contributed by atoms with van der Waals surface area (Å²) in [7, 11) is 0. The third-order valence-electron chi connectivity index (χ3n) is 11.0. The zero-order valence-electron chi connectivity index (χ0n) is 41.1. The van der Waals surface area contributed by atoms with E-state index in [9.17, 15) is 14.4 Å². The number of ether oxygens (including phenoxy) is 3. The summed E-state index contributed by atoms with van der Waals surface area (Å²) in [5.41, 5.74) is 0. The zero-order valence-corrected chi connectivity index (χ0v) is 41.1. The molecule has 0 saturated carbocycles. The lowest BCUT2D eigenvalue weighted by atomic mass is 10.0. The Morgan fingerprint density at radius 3 is 1.17 bits per heavy atom. The van der Waals surface area contributed by atoms with Crippen molar-refractivity contribution in [3.05, 3.63) is 85.1 Å². The average Bonchev–Trinajstić information content (AvgIpc) is 3.28. The molecule has 6 heteroatoms. The maximum absolute atomic E-state index is 12.8. The summed E-state index contributed by atoms with van der Waals surface area (Å²) >= 11 is 0. The van der Waals surface area contributed by atoms with Gasteiger partial charge in [-0.3, -0.25) is 14.4 Å². The van der Waals surface area contributed by atoms with Crippen molar-refractivity contribution in [2.45, 2.75) is 245 Å². The first kappa shape index (κ1) is 59.6. The van der Waals surface area contributed by atoms with Crippen LogP contribution in [0.5, 0.6) is 0 Å². The molecule has 1 atom stereocenters.